The van der Waals surface area contributed by atoms with E-state index in [4.69, 9.17) is 24.7 Å². The molecular formula is C21H26N2O4. The van der Waals surface area contributed by atoms with Crippen molar-refractivity contribution in [1.29, 1.82) is 0 Å². The van der Waals surface area contributed by atoms with Crippen molar-refractivity contribution in [3.05, 3.63) is 28.8 Å². The van der Waals surface area contributed by atoms with Gasteiger partial charge < -0.3 is 24.7 Å². The molecule has 4 rings (SSSR count). The first-order valence-electron chi connectivity index (χ1n) is 9.07. The van der Waals surface area contributed by atoms with Gasteiger partial charge in [-0.25, -0.2) is 0 Å². The first-order chi connectivity index (χ1) is 13.0. The van der Waals surface area contributed by atoms with E-state index in [-0.39, 0.29) is 6.04 Å². The fraction of sp³-hybridized carbons (Fsp3) is 0.429. The Balaban J connectivity index is 2.11. The minimum absolute atomic E-state index is 0.247. The molecule has 0 saturated heterocycles. The smallest absolute Gasteiger partial charge is 0.184 e. The first kappa shape index (κ1) is 17.8. The molecule has 0 amide bonds. The number of likely N-dealkylation sites (N-methyl/N-ethyl adjacent to an activating group) is 1. The molecule has 0 bridgehead atoms. The number of ether oxygens (including phenoxy) is 4. The summed E-state index contributed by atoms with van der Waals surface area (Å²) >= 11 is 0. The van der Waals surface area contributed by atoms with Crippen molar-refractivity contribution < 1.29 is 18.9 Å². The zero-order valence-electron chi connectivity index (χ0n) is 16.5. The Bertz CT molecular complexity index is 910. The van der Waals surface area contributed by atoms with Crippen LogP contribution in [0.5, 0.6) is 23.0 Å². The predicted octanol–water partition coefficient (Wildman–Crippen LogP) is 3.06. The minimum Gasteiger partial charge on any atom is -0.493 e. The van der Waals surface area contributed by atoms with E-state index >= 15 is 0 Å². The maximum absolute atomic E-state index is 6.50. The van der Waals surface area contributed by atoms with Crippen LogP contribution < -0.4 is 24.7 Å². The van der Waals surface area contributed by atoms with Crippen LogP contribution in [-0.2, 0) is 12.8 Å². The molecule has 2 aromatic rings. The summed E-state index contributed by atoms with van der Waals surface area (Å²) < 4.78 is 22.6. The predicted molar refractivity (Wildman–Crippen MR) is 105 cm³/mol. The Kier molecular flexibility index (Phi) is 4.30. The molecule has 1 heterocycles. The monoisotopic (exact) mass is 370 g/mol. The lowest BCUT2D eigenvalue weighted by Crippen LogP contribution is -2.36. The molecule has 2 N–H and O–H groups in total. The van der Waals surface area contributed by atoms with Gasteiger partial charge in [0.15, 0.2) is 23.0 Å². The van der Waals surface area contributed by atoms with Gasteiger partial charge in [-0.3, -0.25) is 4.90 Å². The van der Waals surface area contributed by atoms with Gasteiger partial charge >= 0.3 is 0 Å². The highest BCUT2D eigenvalue weighted by Gasteiger charge is 2.38. The fourth-order valence-corrected chi connectivity index (χ4v) is 4.55. The number of methoxy groups -OCH3 is 4. The van der Waals surface area contributed by atoms with Crippen LogP contribution >= 0.6 is 0 Å². The third kappa shape index (κ3) is 2.43. The van der Waals surface area contributed by atoms with Gasteiger partial charge in [-0.05, 0) is 54.3 Å². The molecule has 0 spiro atoms. The second-order valence-electron chi connectivity index (χ2n) is 7.06. The summed E-state index contributed by atoms with van der Waals surface area (Å²) in [5, 5.41) is 0. The first-order valence-corrected chi connectivity index (χ1v) is 9.07. The van der Waals surface area contributed by atoms with Crippen LogP contribution in [0, 0.1) is 0 Å². The van der Waals surface area contributed by atoms with E-state index in [1.54, 1.807) is 28.4 Å². The molecule has 6 nitrogen and oxygen atoms in total. The molecule has 1 atom stereocenters. The van der Waals surface area contributed by atoms with E-state index in [0.29, 0.717) is 22.9 Å². The Morgan fingerprint density at radius 3 is 2.26 bits per heavy atom. The Morgan fingerprint density at radius 2 is 1.63 bits per heavy atom. The number of hydrogen-bond donors (Lipinski definition) is 1. The molecule has 0 radical (unpaired) electrons. The van der Waals surface area contributed by atoms with Crippen LogP contribution in [0.15, 0.2) is 12.1 Å². The summed E-state index contributed by atoms with van der Waals surface area (Å²) in [5.41, 5.74) is 13.0. The van der Waals surface area contributed by atoms with Crippen molar-refractivity contribution in [3.63, 3.8) is 0 Å². The van der Waals surface area contributed by atoms with Crippen LogP contribution in [0.4, 0.5) is 5.69 Å². The molecule has 1 aliphatic carbocycles. The number of nitrogens with two attached hydrogens (primary N) is 1. The van der Waals surface area contributed by atoms with Crippen molar-refractivity contribution >= 4 is 5.69 Å². The van der Waals surface area contributed by atoms with E-state index < -0.39 is 0 Å². The van der Waals surface area contributed by atoms with Crippen LogP contribution in [-0.4, -0.2) is 46.9 Å². The average molecular weight is 370 g/mol. The number of fused-ring (bicyclic) bond motifs is 2. The van der Waals surface area contributed by atoms with E-state index in [2.05, 4.69) is 18.0 Å². The third-order valence-corrected chi connectivity index (χ3v) is 5.88. The van der Waals surface area contributed by atoms with Crippen molar-refractivity contribution in [1.82, 2.24) is 4.90 Å². The van der Waals surface area contributed by atoms with Crippen LogP contribution in [0.25, 0.3) is 11.1 Å². The zero-order valence-corrected chi connectivity index (χ0v) is 16.5. The van der Waals surface area contributed by atoms with Gasteiger partial charge in [-0.1, -0.05) is 0 Å². The lowest BCUT2D eigenvalue weighted by atomic mass is 9.76. The van der Waals surface area contributed by atoms with Crippen LogP contribution in [0.1, 0.15) is 22.7 Å². The highest BCUT2D eigenvalue weighted by Crippen LogP contribution is 2.56. The summed E-state index contributed by atoms with van der Waals surface area (Å²) in [7, 11) is 8.78. The van der Waals surface area contributed by atoms with Gasteiger partial charge in [0.2, 0.25) is 0 Å². The van der Waals surface area contributed by atoms with Gasteiger partial charge in [0.25, 0.3) is 0 Å². The van der Waals surface area contributed by atoms with Crippen molar-refractivity contribution in [3.8, 4) is 34.1 Å². The molecular weight excluding hydrogens is 344 g/mol. The van der Waals surface area contributed by atoms with Gasteiger partial charge in [0.05, 0.1) is 34.1 Å². The summed E-state index contributed by atoms with van der Waals surface area (Å²) in [6.07, 6.45) is 1.78. The third-order valence-electron chi connectivity index (χ3n) is 5.88. The number of rotatable bonds is 4. The average Bonchev–Trinajstić information content (AvgIpc) is 2.69. The molecule has 6 heteroatoms. The number of nitrogens with zero attached hydrogens (tertiary/aromatic N) is 1. The quantitative estimate of drug-likeness (QED) is 0.835. The number of hydrogen-bond acceptors (Lipinski definition) is 6. The Morgan fingerprint density at radius 1 is 0.963 bits per heavy atom. The van der Waals surface area contributed by atoms with Crippen LogP contribution in [0.3, 0.4) is 0 Å². The molecule has 2 aromatic carbocycles. The number of anilines is 1. The van der Waals surface area contributed by atoms with E-state index in [1.807, 2.05) is 6.07 Å². The fourth-order valence-electron chi connectivity index (χ4n) is 4.55. The molecule has 1 aliphatic heterocycles. The maximum Gasteiger partial charge on any atom is 0.184 e. The minimum atomic E-state index is 0.247. The van der Waals surface area contributed by atoms with Crippen molar-refractivity contribution in [2.24, 2.45) is 0 Å². The van der Waals surface area contributed by atoms with Gasteiger partial charge in [-0.2, -0.15) is 0 Å². The molecule has 2 aliphatic rings. The SMILES string of the molecule is COc1cc2c(cc1OC)-c1c(OC)c(OC)c(N)c3c1[C@H](C2)N(C)CC3. The maximum atomic E-state index is 6.50. The van der Waals surface area contributed by atoms with Crippen molar-refractivity contribution in [2.45, 2.75) is 18.9 Å². The number of benzene rings is 2. The van der Waals surface area contributed by atoms with E-state index in [9.17, 15) is 0 Å². The molecule has 144 valence electrons. The lowest BCUT2D eigenvalue weighted by molar-refractivity contribution is 0.227. The summed E-state index contributed by atoms with van der Waals surface area (Å²) in [5.74, 6) is 2.73. The second kappa shape index (κ2) is 6.53. The van der Waals surface area contributed by atoms with Gasteiger partial charge in [-0.15, -0.1) is 0 Å². The van der Waals surface area contributed by atoms with Gasteiger partial charge in [0.1, 0.15) is 0 Å². The topological polar surface area (TPSA) is 66.2 Å². The second-order valence-corrected chi connectivity index (χ2v) is 7.06. The molecule has 0 saturated carbocycles. The summed E-state index contributed by atoms with van der Waals surface area (Å²) in [6, 6.07) is 4.35. The lowest BCUT2D eigenvalue weighted by Gasteiger charge is -2.41. The zero-order chi connectivity index (χ0) is 19.3. The molecule has 0 unspecified atom stereocenters. The normalized spacial score (nSPS) is 17.7. The van der Waals surface area contributed by atoms with E-state index in [1.165, 1.54) is 16.7 Å². The molecule has 0 aromatic heterocycles. The summed E-state index contributed by atoms with van der Waals surface area (Å²) in [4.78, 5) is 2.39. The Hall–Kier alpha value is -2.60. The van der Waals surface area contributed by atoms with Gasteiger partial charge in [0, 0.05) is 18.2 Å². The van der Waals surface area contributed by atoms with Crippen LogP contribution in [0.2, 0.25) is 0 Å². The standard InChI is InChI=1S/C21H26N2O4/c1-23-7-6-12-17-14(23)8-11-9-15(24-2)16(25-3)10-13(11)18(17)20(26-4)21(27-5)19(12)22/h9-10,14H,6-8,22H2,1-5H3/t14-/m0/s1. The number of nitrogen functional groups attached to an aromatic ring is 1. The Labute approximate surface area is 159 Å². The molecule has 0 fully saturated rings. The van der Waals surface area contributed by atoms with Crippen molar-refractivity contribution in [2.75, 3.05) is 47.8 Å². The highest BCUT2D eigenvalue weighted by atomic mass is 16.5. The summed E-state index contributed by atoms with van der Waals surface area (Å²) in [6.45, 7) is 0.958. The van der Waals surface area contributed by atoms with E-state index in [0.717, 1.165) is 36.3 Å². The highest BCUT2D eigenvalue weighted by molar-refractivity contribution is 5.89. The molecule has 27 heavy (non-hydrogen) atoms. The largest absolute Gasteiger partial charge is 0.493 e.